The van der Waals surface area contributed by atoms with E-state index in [0.717, 1.165) is 18.1 Å². The lowest BCUT2D eigenvalue weighted by molar-refractivity contribution is 0.102. The summed E-state index contributed by atoms with van der Waals surface area (Å²) in [5.41, 5.74) is 0.695. The van der Waals surface area contributed by atoms with E-state index in [2.05, 4.69) is 27.3 Å². The minimum absolute atomic E-state index is 0.234. The average Bonchev–Trinajstić information content (AvgIpc) is 3.01. The van der Waals surface area contributed by atoms with Gasteiger partial charge in [0.25, 0.3) is 5.91 Å². The summed E-state index contributed by atoms with van der Waals surface area (Å²) in [6, 6.07) is 7.56. The molecule has 122 valence electrons. The van der Waals surface area contributed by atoms with Gasteiger partial charge in [-0.05, 0) is 50.6 Å². The molecule has 2 aromatic rings. The standard InChI is InChI=1S/C16H19ClN4OS/c1-11-4-2-3-9-21(11)10-14-19-20-16(23-14)15(22)18-13-7-5-12(17)6-8-13/h5-8,11H,2-4,9-10H2,1H3,(H,18,22). The van der Waals surface area contributed by atoms with Crippen molar-refractivity contribution < 1.29 is 4.79 Å². The van der Waals surface area contributed by atoms with E-state index in [0.29, 0.717) is 21.8 Å². The van der Waals surface area contributed by atoms with E-state index in [4.69, 9.17) is 11.6 Å². The fraction of sp³-hybridized carbons (Fsp3) is 0.438. The van der Waals surface area contributed by atoms with Crippen LogP contribution in [-0.2, 0) is 6.54 Å². The number of carbonyl (C=O) groups is 1. The van der Waals surface area contributed by atoms with Gasteiger partial charge in [0.1, 0.15) is 5.01 Å². The molecular weight excluding hydrogens is 332 g/mol. The number of rotatable bonds is 4. The van der Waals surface area contributed by atoms with Crippen molar-refractivity contribution in [2.24, 2.45) is 0 Å². The first kappa shape index (κ1) is 16.4. The largest absolute Gasteiger partial charge is 0.320 e. The Kier molecular flexibility index (Phi) is 5.25. The number of benzene rings is 1. The SMILES string of the molecule is CC1CCCCN1Cc1nnc(C(=O)Nc2ccc(Cl)cc2)s1. The van der Waals surface area contributed by atoms with Gasteiger partial charge in [-0.1, -0.05) is 29.4 Å². The minimum Gasteiger partial charge on any atom is -0.320 e. The molecule has 1 aliphatic rings. The first-order chi connectivity index (χ1) is 11.1. The van der Waals surface area contributed by atoms with Gasteiger partial charge in [-0.3, -0.25) is 9.69 Å². The number of anilines is 1. The van der Waals surface area contributed by atoms with Crippen molar-refractivity contribution in [1.29, 1.82) is 0 Å². The number of carbonyl (C=O) groups excluding carboxylic acids is 1. The van der Waals surface area contributed by atoms with Crippen LogP contribution >= 0.6 is 22.9 Å². The maximum absolute atomic E-state index is 12.2. The minimum atomic E-state index is -0.234. The van der Waals surface area contributed by atoms with Crippen LogP contribution in [0.25, 0.3) is 0 Å². The Morgan fingerprint density at radius 1 is 1.35 bits per heavy atom. The fourth-order valence-electron chi connectivity index (χ4n) is 2.69. The van der Waals surface area contributed by atoms with Crippen LogP contribution < -0.4 is 5.32 Å². The number of likely N-dealkylation sites (tertiary alicyclic amines) is 1. The Bertz CT molecular complexity index is 673. The Hall–Kier alpha value is -1.50. The molecule has 0 aliphatic carbocycles. The van der Waals surface area contributed by atoms with Crippen molar-refractivity contribution in [2.75, 3.05) is 11.9 Å². The highest BCUT2D eigenvalue weighted by Crippen LogP contribution is 2.21. The van der Waals surface area contributed by atoms with Crippen LogP contribution in [-0.4, -0.2) is 33.6 Å². The van der Waals surface area contributed by atoms with Crippen molar-refractivity contribution in [2.45, 2.75) is 38.8 Å². The van der Waals surface area contributed by atoms with Crippen LogP contribution in [0.2, 0.25) is 5.02 Å². The van der Waals surface area contributed by atoms with Crippen LogP contribution in [0.3, 0.4) is 0 Å². The van der Waals surface area contributed by atoms with Crippen LogP contribution in [0.15, 0.2) is 24.3 Å². The van der Waals surface area contributed by atoms with Gasteiger partial charge >= 0.3 is 0 Å². The molecule has 0 spiro atoms. The van der Waals surface area contributed by atoms with Crippen molar-refractivity contribution >= 4 is 34.5 Å². The summed E-state index contributed by atoms with van der Waals surface area (Å²) < 4.78 is 0. The predicted molar refractivity (Wildman–Crippen MR) is 93.0 cm³/mol. The van der Waals surface area contributed by atoms with Gasteiger partial charge in [0.05, 0.1) is 6.54 Å². The van der Waals surface area contributed by atoms with Gasteiger partial charge < -0.3 is 5.32 Å². The molecule has 1 unspecified atom stereocenters. The number of piperidine rings is 1. The highest BCUT2D eigenvalue weighted by molar-refractivity contribution is 7.13. The third kappa shape index (κ3) is 4.28. The second kappa shape index (κ2) is 7.38. The van der Waals surface area contributed by atoms with Gasteiger partial charge in [-0.15, -0.1) is 10.2 Å². The molecule has 23 heavy (non-hydrogen) atoms. The third-order valence-electron chi connectivity index (χ3n) is 4.04. The number of aromatic nitrogens is 2. The highest BCUT2D eigenvalue weighted by Gasteiger charge is 2.21. The topological polar surface area (TPSA) is 58.1 Å². The Morgan fingerprint density at radius 2 is 2.13 bits per heavy atom. The van der Waals surface area contributed by atoms with E-state index in [1.807, 2.05) is 0 Å². The van der Waals surface area contributed by atoms with Gasteiger partial charge in [0.15, 0.2) is 0 Å². The monoisotopic (exact) mass is 350 g/mol. The number of hydrogen-bond donors (Lipinski definition) is 1. The van der Waals surface area contributed by atoms with E-state index >= 15 is 0 Å². The molecule has 2 heterocycles. The van der Waals surface area contributed by atoms with Crippen molar-refractivity contribution in [1.82, 2.24) is 15.1 Å². The predicted octanol–water partition coefficient (Wildman–Crippen LogP) is 3.82. The first-order valence-electron chi connectivity index (χ1n) is 7.75. The molecule has 0 saturated carbocycles. The molecule has 1 aromatic carbocycles. The van der Waals surface area contributed by atoms with Gasteiger partial charge in [-0.25, -0.2) is 0 Å². The lowest BCUT2D eigenvalue weighted by Gasteiger charge is -2.32. The Balaban J connectivity index is 1.61. The van der Waals surface area contributed by atoms with E-state index in [1.54, 1.807) is 24.3 Å². The first-order valence-corrected chi connectivity index (χ1v) is 8.94. The molecule has 1 fully saturated rings. The summed E-state index contributed by atoms with van der Waals surface area (Å²) in [4.78, 5) is 14.6. The third-order valence-corrected chi connectivity index (χ3v) is 5.20. The maximum Gasteiger partial charge on any atom is 0.286 e. The van der Waals surface area contributed by atoms with Crippen LogP contribution in [0, 0.1) is 0 Å². The second-order valence-electron chi connectivity index (χ2n) is 5.78. The zero-order chi connectivity index (χ0) is 16.2. The number of halogens is 1. The summed E-state index contributed by atoms with van der Waals surface area (Å²) >= 11 is 7.19. The summed E-state index contributed by atoms with van der Waals surface area (Å²) in [6.45, 7) is 4.11. The van der Waals surface area contributed by atoms with E-state index in [1.165, 1.54) is 30.6 Å². The second-order valence-corrected chi connectivity index (χ2v) is 7.28. The smallest absolute Gasteiger partial charge is 0.286 e. The summed E-state index contributed by atoms with van der Waals surface area (Å²) in [7, 11) is 0. The highest BCUT2D eigenvalue weighted by atomic mass is 35.5. The van der Waals surface area contributed by atoms with Gasteiger partial charge in [0.2, 0.25) is 5.01 Å². The zero-order valence-corrected chi connectivity index (χ0v) is 14.5. The molecular formula is C16H19ClN4OS. The Labute approximate surface area is 144 Å². The maximum atomic E-state index is 12.2. The average molecular weight is 351 g/mol. The summed E-state index contributed by atoms with van der Waals surface area (Å²) in [5, 5.41) is 12.9. The number of amides is 1. The van der Waals surface area contributed by atoms with Crippen LogP contribution in [0.4, 0.5) is 5.69 Å². The lowest BCUT2D eigenvalue weighted by Crippen LogP contribution is -2.36. The molecule has 1 aromatic heterocycles. The molecule has 7 heteroatoms. The fourth-order valence-corrected chi connectivity index (χ4v) is 3.58. The normalized spacial score (nSPS) is 18.8. The quantitative estimate of drug-likeness (QED) is 0.910. The molecule has 1 N–H and O–H groups in total. The molecule has 1 atom stereocenters. The van der Waals surface area contributed by atoms with E-state index in [-0.39, 0.29) is 5.91 Å². The number of hydrogen-bond acceptors (Lipinski definition) is 5. The molecule has 5 nitrogen and oxygen atoms in total. The van der Waals surface area contributed by atoms with Crippen molar-refractivity contribution in [3.05, 3.63) is 39.3 Å². The van der Waals surface area contributed by atoms with E-state index in [9.17, 15) is 4.79 Å². The number of nitrogens with one attached hydrogen (secondary N) is 1. The lowest BCUT2D eigenvalue weighted by atomic mass is 10.0. The summed E-state index contributed by atoms with van der Waals surface area (Å²) in [5.74, 6) is -0.234. The van der Waals surface area contributed by atoms with Gasteiger partial charge in [-0.2, -0.15) is 0 Å². The summed E-state index contributed by atoms with van der Waals surface area (Å²) in [6.07, 6.45) is 3.75. The number of nitrogens with zero attached hydrogens (tertiary/aromatic N) is 3. The van der Waals surface area contributed by atoms with Gasteiger partial charge in [0, 0.05) is 16.8 Å². The molecule has 0 bridgehead atoms. The van der Waals surface area contributed by atoms with Crippen LogP contribution in [0.1, 0.15) is 41.0 Å². The Morgan fingerprint density at radius 3 is 2.87 bits per heavy atom. The van der Waals surface area contributed by atoms with Crippen LogP contribution in [0.5, 0.6) is 0 Å². The van der Waals surface area contributed by atoms with E-state index < -0.39 is 0 Å². The molecule has 1 saturated heterocycles. The molecule has 1 amide bonds. The zero-order valence-electron chi connectivity index (χ0n) is 13.0. The van der Waals surface area contributed by atoms with Crippen molar-refractivity contribution in [3.8, 4) is 0 Å². The molecule has 1 aliphatic heterocycles. The molecule has 0 radical (unpaired) electrons. The molecule has 3 rings (SSSR count). The van der Waals surface area contributed by atoms with Crippen molar-refractivity contribution in [3.63, 3.8) is 0 Å².